The fourth-order valence-corrected chi connectivity index (χ4v) is 4.40. The monoisotopic (exact) mass is 459 g/mol. The SMILES string of the molecule is CS(=O)(=O)c1cc(Cl)cc(NC(=O)c2cnn([C@@H]3CC[C@H]3OCc3ccccc3)c2)c1. The lowest BCUT2D eigenvalue weighted by Gasteiger charge is -2.36. The lowest BCUT2D eigenvalue weighted by atomic mass is 9.89. The predicted octanol–water partition coefficient (Wildman–Crippen LogP) is 4.11. The maximum absolute atomic E-state index is 12.6. The highest BCUT2D eigenvalue weighted by atomic mass is 35.5. The molecule has 0 spiro atoms. The Kier molecular flexibility index (Phi) is 6.13. The quantitative estimate of drug-likeness (QED) is 0.574. The first-order valence-electron chi connectivity index (χ1n) is 9.81. The van der Waals surface area contributed by atoms with Gasteiger partial charge in [0.15, 0.2) is 9.84 Å². The van der Waals surface area contributed by atoms with Gasteiger partial charge >= 0.3 is 0 Å². The second-order valence-electron chi connectivity index (χ2n) is 7.59. The van der Waals surface area contributed by atoms with Crippen LogP contribution in [0.15, 0.2) is 65.8 Å². The molecule has 1 aliphatic rings. The van der Waals surface area contributed by atoms with Gasteiger partial charge in [-0.05, 0) is 36.6 Å². The zero-order valence-electron chi connectivity index (χ0n) is 16.9. The molecule has 4 rings (SSSR count). The van der Waals surface area contributed by atoms with Gasteiger partial charge in [-0.25, -0.2) is 8.42 Å². The average molecular weight is 460 g/mol. The van der Waals surface area contributed by atoms with E-state index in [1.807, 2.05) is 30.3 Å². The number of nitrogens with zero attached hydrogens (tertiary/aromatic N) is 2. The van der Waals surface area contributed by atoms with Crippen LogP contribution in [0, 0.1) is 0 Å². The van der Waals surface area contributed by atoms with Crippen LogP contribution >= 0.6 is 11.6 Å². The summed E-state index contributed by atoms with van der Waals surface area (Å²) in [6.07, 6.45) is 6.16. The van der Waals surface area contributed by atoms with E-state index >= 15 is 0 Å². The number of hydrogen-bond donors (Lipinski definition) is 1. The van der Waals surface area contributed by atoms with Crippen molar-refractivity contribution in [2.24, 2.45) is 0 Å². The summed E-state index contributed by atoms with van der Waals surface area (Å²) >= 11 is 6.00. The molecule has 1 N–H and O–H groups in total. The van der Waals surface area contributed by atoms with Gasteiger partial charge in [-0.15, -0.1) is 0 Å². The van der Waals surface area contributed by atoms with Crippen molar-refractivity contribution in [3.8, 4) is 0 Å². The van der Waals surface area contributed by atoms with Gasteiger partial charge in [-0.3, -0.25) is 9.48 Å². The minimum Gasteiger partial charge on any atom is -0.371 e. The molecule has 1 saturated carbocycles. The van der Waals surface area contributed by atoms with Crippen molar-refractivity contribution in [3.63, 3.8) is 0 Å². The molecule has 0 radical (unpaired) electrons. The van der Waals surface area contributed by atoms with Crippen LogP contribution in [0.4, 0.5) is 5.69 Å². The maximum Gasteiger partial charge on any atom is 0.258 e. The Labute approximate surface area is 185 Å². The Morgan fingerprint density at radius 1 is 1.23 bits per heavy atom. The molecule has 1 aromatic heterocycles. The van der Waals surface area contributed by atoms with E-state index in [1.54, 1.807) is 10.9 Å². The number of nitrogens with one attached hydrogen (secondary N) is 1. The summed E-state index contributed by atoms with van der Waals surface area (Å²) < 4.78 is 31.4. The minimum absolute atomic E-state index is 0.0406. The maximum atomic E-state index is 12.6. The van der Waals surface area contributed by atoms with Crippen LogP contribution in [-0.2, 0) is 21.2 Å². The Morgan fingerprint density at radius 2 is 2.00 bits per heavy atom. The van der Waals surface area contributed by atoms with Gasteiger partial charge in [0.25, 0.3) is 5.91 Å². The number of rotatable bonds is 7. The number of amides is 1. The summed E-state index contributed by atoms with van der Waals surface area (Å²) in [6, 6.07) is 14.3. The summed E-state index contributed by atoms with van der Waals surface area (Å²) in [7, 11) is -3.45. The molecular weight excluding hydrogens is 438 g/mol. The van der Waals surface area contributed by atoms with Crippen molar-refractivity contribution in [1.82, 2.24) is 9.78 Å². The Balaban J connectivity index is 1.41. The predicted molar refractivity (Wildman–Crippen MR) is 118 cm³/mol. The van der Waals surface area contributed by atoms with Crippen LogP contribution in [0.5, 0.6) is 0 Å². The fourth-order valence-electron chi connectivity index (χ4n) is 3.42. The molecule has 1 fully saturated rings. The number of benzene rings is 2. The van der Waals surface area contributed by atoms with Gasteiger partial charge in [0.2, 0.25) is 0 Å². The molecule has 0 aliphatic heterocycles. The van der Waals surface area contributed by atoms with Crippen molar-refractivity contribution in [2.75, 3.05) is 11.6 Å². The van der Waals surface area contributed by atoms with E-state index < -0.39 is 15.7 Å². The number of sulfone groups is 1. The molecule has 7 nitrogen and oxygen atoms in total. The summed E-state index contributed by atoms with van der Waals surface area (Å²) in [5.41, 5.74) is 1.79. The number of anilines is 1. The highest BCUT2D eigenvalue weighted by Crippen LogP contribution is 2.35. The number of carbonyl (C=O) groups is 1. The molecule has 1 amide bonds. The molecule has 2 aromatic carbocycles. The standard InChI is InChI=1S/C22H22ClN3O4S/c1-31(28,29)19-10-17(23)9-18(11-19)25-22(27)16-12-24-26(13-16)20-7-8-21(20)30-14-15-5-3-2-4-6-15/h2-6,9-13,20-21H,7-8,14H2,1H3,(H,25,27)/t20-,21-/m1/s1. The summed E-state index contributed by atoms with van der Waals surface area (Å²) in [5.74, 6) is -0.394. The van der Waals surface area contributed by atoms with Crippen LogP contribution in [0.25, 0.3) is 0 Å². The van der Waals surface area contributed by atoms with Gasteiger partial charge in [-0.2, -0.15) is 5.10 Å². The molecular formula is C22H22ClN3O4S. The van der Waals surface area contributed by atoms with E-state index in [2.05, 4.69) is 10.4 Å². The van der Waals surface area contributed by atoms with Crippen LogP contribution in [0.1, 0.15) is 34.8 Å². The van der Waals surface area contributed by atoms with E-state index in [4.69, 9.17) is 16.3 Å². The molecule has 0 bridgehead atoms. The minimum atomic E-state index is -3.45. The van der Waals surface area contributed by atoms with Crippen molar-refractivity contribution < 1.29 is 17.9 Å². The zero-order chi connectivity index (χ0) is 22.0. The van der Waals surface area contributed by atoms with Gasteiger partial charge in [-0.1, -0.05) is 41.9 Å². The second-order valence-corrected chi connectivity index (χ2v) is 10.0. The molecule has 1 aliphatic carbocycles. The first kappa shape index (κ1) is 21.5. The highest BCUT2D eigenvalue weighted by molar-refractivity contribution is 7.90. The van der Waals surface area contributed by atoms with Crippen LogP contribution < -0.4 is 5.32 Å². The second kappa shape index (κ2) is 8.82. The molecule has 162 valence electrons. The third-order valence-corrected chi connectivity index (χ3v) is 6.55. The average Bonchev–Trinajstić information content (AvgIpc) is 3.16. The lowest BCUT2D eigenvalue weighted by molar-refractivity contribution is -0.0530. The normalized spacial score (nSPS) is 18.4. The molecule has 0 saturated heterocycles. The third kappa shape index (κ3) is 5.15. The van der Waals surface area contributed by atoms with Crippen molar-refractivity contribution in [2.45, 2.75) is 36.5 Å². The van der Waals surface area contributed by atoms with Crippen molar-refractivity contribution >= 4 is 33.0 Å². The molecule has 3 aromatic rings. The van der Waals surface area contributed by atoms with E-state index in [0.717, 1.165) is 24.7 Å². The van der Waals surface area contributed by atoms with Crippen molar-refractivity contribution in [3.05, 3.63) is 77.1 Å². The first-order chi connectivity index (χ1) is 14.8. The molecule has 0 unspecified atom stereocenters. The van der Waals surface area contributed by atoms with Crippen LogP contribution in [0.3, 0.4) is 0 Å². The molecule has 9 heteroatoms. The van der Waals surface area contributed by atoms with E-state index in [-0.39, 0.29) is 22.1 Å². The van der Waals surface area contributed by atoms with Gasteiger partial charge in [0.05, 0.1) is 35.4 Å². The molecule has 1 heterocycles. The number of halogens is 1. The summed E-state index contributed by atoms with van der Waals surface area (Å²) in [6.45, 7) is 0.536. The summed E-state index contributed by atoms with van der Waals surface area (Å²) in [5, 5.41) is 7.24. The third-order valence-electron chi connectivity index (χ3n) is 5.24. The number of ether oxygens (including phenoxy) is 1. The lowest BCUT2D eigenvalue weighted by Crippen LogP contribution is -2.36. The van der Waals surface area contributed by atoms with Gasteiger partial charge in [0, 0.05) is 23.2 Å². The zero-order valence-corrected chi connectivity index (χ0v) is 18.4. The van der Waals surface area contributed by atoms with Crippen LogP contribution in [0.2, 0.25) is 5.02 Å². The highest BCUT2D eigenvalue weighted by Gasteiger charge is 2.34. The van der Waals surface area contributed by atoms with E-state index in [1.165, 1.54) is 24.4 Å². The fraction of sp³-hybridized carbons (Fsp3) is 0.273. The number of carbonyl (C=O) groups excluding carboxylic acids is 1. The largest absolute Gasteiger partial charge is 0.371 e. The van der Waals surface area contributed by atoms with Crippen molar-refractivity contribution in [1.29, 1.82) is 0 Å². The molecule has 2 atom stereocenters. The van der Waals surface area contributed by atoms with Crippen LogP contribution in [-0.4, -0.2) is 36.5 Å². The van der Waals surface area contributed by atoms with Gasteiger partial charge in [0.1, 0.15) is 0 Å². The Hall–Kier alpha value is -2.68. The van der Waals surface area contributed by atoms with E-state index in [9.17, 15) is 13.2 Å². The summed E-state index contributed by atoms with van der Waals surface area (Å²) in [4.78, 5) is 12.7. The topological polar surface area (TPSA) is 90.3 Å². The number of aromatic nitrogens is 2. The Bertz CT molecular complexity index is 1190. The molecule has 31 heavy (non-hydrogen) atoms. The first-order valence-corrected chi connectivity index (χ1v) is 12.1. The Morgan fingerprint density at radius 3 is 2.68 bits per heavy atom. The van der Waals surface area contributed by atoms with Gasteiger partial charge < -0.3 is 10.1 Å². The smallest absolute Gasteiger partial charge is 0.258 e. The number of hydrogen-bond acceptors (Lipinski definition) is 5. The van der Waals surface area contributed by atoms with E-state index in [0.29, 0.717) is 17.9 Å².